The second-order valence-corrected chi connectivity index (χ2v) is 10.7. The first kappa shape index (κ1) is 26.1. The van der Waals surface area contributed by atoms with Crippen molar-refractivity contribution in [2.24, 2.45) is 0 Å². The van der Waals surface area contributed by atoms with Crippen LogP contribution >= 0.6 is 24.0 Å². The summed E-state index contributed by atoms with van der Waals surface area (Å²) in [7, 11) is 0. The number of amides is 1. The van der Waals surface area contributed by atoms with Crippen LogP contribution in [0, 0.1) is 6.92 Å². The third-order valence-electron chi connectivity index (χ3n) is 6.19. The molecular formula is C28H32N4O2S2. The number of thioether (sulfide) groups is 1. The summed E-state index contributed by atoms with van der Waals surface area (Å²) >= 11 is 6.77. The van der Waals surface area contributed by atoms with Crippen molar-refractivity contribution in [2.75, 3.05) is 18.4 Å². The van der Waals surface area contributed by atoms with Crippen LogP contribution < -0.4 is 10.9 Å². The predicted molar refractivity (Wildman–Crippen MR) is 153 cm³/mol. The van der Waals surface area contributed by atoms with E-state index in [0.717, 1.165) is 31.2 Å². The van der Waals surface area contributed by atoms with Gasteiger partial charge in [0.25, 0.3) is 11.5 Å². The van der Waals surface area contributed by atoms with Gasteiger partial charge in [0.1, 0.15) is 15.8 Å². The van der Waals surface area contributed by atoms with Gasteiger partial charge in [0.05, 0.1) is 10.5 Å². The predicted octanol–water partition coefficient (Wildman–Crippen LogP) is 5.83. The molecule has 6 nitrogen and oxygen atoms in total. The van der Waals surface area contributed by atoms with Crippen molar-refractivity contribution in [1.82, 2.24) is 14.3 Å². The molecule has 0 spiro atoms. The first-order valence-corrected chi connectivity index (χ1v) is 13.8. The molecule has 1 saturated heterocycles. The van der Waals surface area contributed by atoms with Crippen molar-refractivity contribution in [1.29, 1.82) is 0 Å². The maximum Gasteiger partial charge on any atom is 0.267 e. The van der Waals surface area contributed by atoms with Gasteiger partial charge in [0.15, 0.2) is 0 Å². The maximum absolute atomic E-state index is 13.5. The lowest BCUT2D eigenvalue weighted by Crippen LogP contribution is -2.29. The van der Waals surface area contributed by atoms with E-state index in [1.807, 2.05) is 37.3 Å². The van der Waals surface area contributed by atoms with E-state index < -0.39 is 0 Å². The Morgan fingerprint density at radius 2 is 1.83 bits per heavy atom. The summed E-state index contributed by atoms with van der Waals surface area (Å²) in [6.07, 6.45) is 9.77. The number of anilines is 1. The normalized spacial score (nSPS) is 14.8. The van der Waals surface area contributed by atoms with Gasteiger partial charge in [-0.3, -0.25) is 18.9 Å². The standard InChI is InChI=1S/C28H32N4O2S2/c1-3-4-5-6-10-17-31-27(34)23(36-28(31)35)18-22-25(29-16-15-21-11-8-7-9-12-21)30-24-14-13-20(2)19-32(24)26(22)33/h7-9,11-14,18-19,29H,3-6,10,15-17H2,1-2H3/b23-18+. The summed E-state index contributed by atoms with van der Waals surface area (Å²) in [5, 5.41) is 3.34. The molecule has 3 heterocycles. The van der Waals surface area contributed by atoms with Gasteiger partial charge in [0, 0.05) is 19.3 Å². The minimum absolute atomic E-state index is 0.135. The van der Waals surface area contributed by atoms with E-state index in [1.54, 1.807) is 17.2 Å². The highest BCUT2D eigenvalue weighted by atomic mass is 32.2. The molecule has 3 aromatic rings. The van der Waals surface area contributed by atoms with E-state index in [1.165, 1.54) is 34.6 Å². The van der Waals surface area contributed by atoms with Gasteiger partial charge in [0.2, 0.25) is 0 Å². The number of nitrogens with one attached hydrogen (secondary N) is 1. The number of aromatic nitrogens is 2. The number of nitrogens with zero attached hydrogens (tertiary/aromatic N) is 3. The number of rotatable bonds is 11. The Morgan fingerprint density at radius 1 is 1.06 bits per heavy atom. The Balaban J connectivity index is 1.60. The van der Waals surface area contributed by atoms with E-state index in [4.69, 9.17) is 17.2 Å². The van der Waals surface area contributed by atoms with Gasteiger partial charge in [-0.2, -0.15) is 0 Å². The van der Waals surface area contributed by atoms with Crippen LogP contribution in [0.25, 0.3) is 11.7 Å². The highest BCUT2D eigenvalue weighted by Crippen LogP contribution is 2.33. The highest BCUT2D eigenvalue weighted by Gasteiger charge is 2.32. The number of thiocarbonyl (C=S) groups is 1. The second-order valence-electron chi connectivity index (χ2n) is 9.02. The van der Waals surface area contributed by atoms with Crippen molar-refractivity contribution in [3.05, 3.63) is 80.6 Å². The number of hydrogen-bond acceptors (Lipinski definition) is 6. The average molecular weight is 521 g/mol. The first-order chi connectivity index (χ1) is 17.5. The van der Waals surface area contributed by atoms with Crippen molar-refractivity contribution < 1.29 is 4.79 Å². The smallest absolute Gasteiger partial charge is 0.267 e. The third-order valence-corrected chi connectivity index (χ3v) is 7.57. The maximum atomic E-state index is 13.5. The molecule has 0 radical (unpaired) electrons. The van der Waals surface area contributed by atoms with E-state index in [2.05, 4.69) is 24.4 Å². The number of benzene rings is 1. The van der Waals surface area contributed by atoms with Gasteiger partial charge >= 0.3 is 0 Å². The van der Waals surface area contributed by atoms with Crippen molar-refractivity contribution in [2.45, 2.75) is 52.4 Å². The zero-order valence-corrected chi connectivity index (χ0v) is 22.5. The van der Waals surface area contributed by atoms with E-state index in [0.29, 0.717) is 39.3 Å². The number of pyridine rings is 1. The third kappa shape index (κ3) is 6.23. The van der Waals surface area contributed by atoms with Crippen LogP contribution in [0.4, 0.5) is 5.82 Å². The fourth-order valence-electron chi connectivity index (χ4n) is 4.19. The molecule has 0 bridgehead atoms. The van der Waals surface area contributed by atoms with Crippen LogP contribution in [0.15, 0.2) is 58.4 Å². The monoisotopic (exact) mass is 520 g/mol. The quantitative estimate of drug-likeness (QED) is 0.195. The summed E-state index contributed by atoms with van der Waals surface area (Å²) in [4.78, 5) is 33.6. The number of unbranched alkanes of at least 4 members (excludes halogenated alkanes) is 4. The number of hydrogen-bond donors (Lipinski definition) is 1. The van der Waals surface area contributed by atoms with Crippen molar-refractivity contribution >= 4 is 51.7 Å². The van der Waals surface area contributed by atoms with Crippen LogP contribution in [0.2, 0.25) is 0 Å². The number of aryl methyl sites for hydroxylation is 1. The molecule has 0 atom stereocenters. The van der Waals surface area contributed by atoms with Crippen LogP contribution in [0.3, 0.4) is 0 Å². The topological polar surface area (TPSA) is 66.7 Å². The number of carbonyl (C=O) groups excluding carboxylic acids is 1. The zero-order chi connectivity index (χ0) is 25.5. The highest BCUT2D eigenvalue weighted by molar-refractivity contribution is 8.26. The van der Waals surface area contributed by atoms with Gasteiger partial charge in [-0.1, -0.05) is 93.0 Å². The Labute approximate surface area is 221 Å². The lowest BCUT2D eigenvalue weighted by Gasteiger charge is -2.14. The van der Waals surface area contributed by atoms with Crippen molar-refractivity contribution in [3.63, 3.8) is 0 Å². The van der Waals surface area contributed by atoms with Gasteiger partial charge in [-0.15, -0.1) is 0 Å². The number of fused-ring (bicyclic) bond motifs is 1. The molecule has 8 heteroatoms. The lowest BCUT2D eigenvalue weighted by atomic mass is 10.1. The summed E-state index contributed by atoms with van der Waals surface area (Å²) in [6, 6.07) is 13.9. The minimum Gasteiger partial charge on any atom is -0.369 e. The summed E-state index contributed by atoms with van der Waals surface area (Å²) in [5.74, 6) is 0.342. The first-order valence-electron chi connectivity index (χ1n) is 12.5. The van der Waals surface area contributed by atoms with Crippen LogP contribution in [-0.4, -0.2) is 37.6 Å². The lowest BCUT2D eigenvalue weighted by molar-refractivity contribution is -0.122. The molecule has 0 unspecified atom stereocenters. The Bertz CT molecular complexity index is 1330. The van der Waals surface area contributed by atoms with Crippen LogP contribution in [0.5, 0.6) is 0 Å². The fraction of sp³-hybridized carbons (Fsp3) is 0.357. The molecule has 0 saturated carbocycles. The van der Waals surface area contributed by atoms with E-state index >= 15 is 0 Å². The molecule has 188 valence electrons. The zero-order valence-electron chi connectivity index (χ0n) is 20.8. The molecule has 1 aliphatic rings. The molecular weight excluding hydrogens is 488 g/mol. The molecule has 4 rings (SSSR count). The molecule has 1 aromatic carbocycles. The summed E-state index contributed by atoms with van der Waals surface area (Å²) < 4.78 is 2.09. The molecule has 36 heavy (non-hydrogen) atoms. The Morgan fingerprint density at radius 3 is 2.61 bits per heavy atom. The number of carbonyl (C=O) groups is 1. The summed E-state index contributed by atoms with van der Waals surface area (Å²) in [5.41, 5.74) is 2.87. The minimum atomic E-state index is -0.212. The molecule has 1 amide bonds. The Hall–Kier alpha value is -2.97. The molecule has 2 aromatic heterocycles. The SMILES string of the molecule is CCCCCCCN1C(=O)/C(=C\c2c(NCCc3ccccc3)nc3ccc(C)cn3c2=O)SC1=S. The molecule has 1 aliphatic heterocycles. The van der Waals surface area contributed by atoms with E-state index in [-0.39, 0.29) is 11.5 Å². The van der Waals surface area contributed by atoms with Gasteiger partial charge < -0.3 is 5.32 Å². The summed E-state index contributed by atoms with van der Waals surface area (Å²) in [6.45, 7) is 5.34. The van der Waals surface area contributed by atoms with Crippen LogP contribution in [0.1, 0.15) is 55.7 Å². The van der Waals surface area contributed by atoms with Crippen LogP contribution in [-0.2, 0) is 11.2 Å². The second kappa shape index (κ2) is 12.3. The van der Waals surface area contributed by atoms with Gasteiger partial charge in [-0.05, 0) is 43.0 Å². The fourth-order valence-corrected chi connectivity index (χ4v) is 5.48. The van der Waals surface area contributed by atoms with E-state index in [9.17, 15) is 9.59 Å². The Kier molecular flexibility index (Phi) is 8.93. The average Bonchev–Trinajstić information content (AvgIpc) is 3.14. The molecule has 1 fully saturated rings. The molecule has 1 N–H and O–H groups in total. The molecule has 0 aliphatic carbocycles. The largest absolute Gasteiger partial charge is 0.369 e. The van der Waals surface area contributed by atoms with Gasteiger partial charge in [-0.25, -0.2) is 4.98 Å². The van der Waals surface area contributed by atoms with Crippen molar-refractivity contribution in [3.8, 4) is 0 Å².